The largest absolute Gasteiger partial charge is 0.397 e. The van der Waals surface area contributed by atoms with Crippen molar-refractivity contribution in [2.75, 3.05) is 53.2 Å². The lowest BCUT2D eigenvalue weighted by atomic mass is 10.1. The maximum absolute atomic E-state index is 13.8. The van der Waals surface area contributed by atoms with E-state index in [0.29, 0.717) is 11.7 Å². The molecule has 4 heterocycles. The van der Waals surface area contributed by atoms with Gasteiger partial charge in [-0.1, -0.05) is 11.6 Å². The van der Waals surface area contributed by atoms with Crippen LogP contribution in [0.25, 0.3) is 11.3 Å². The highest BCUT2D eigenvalue weighted by Crippen LogP contribution is 2.31. The molecule has 7 nitrogen and oxygen atoms in total. The molecule has 1 atom stereocenters. The number of nitrogens with zero attached hydrogens (tertiary/aromatic N) is 6. The van der Waals surface area contributed by atoms with Crippen LogP contribution in [-0.4, -0.2) is 53.7 Å². The van der Waals surface area contributed by atoms with E-state index in [1.54, 1.807) is 18.3 Å². The third-order valence-corrected chi connectivity index (χ3v) is 6.99. The van der Waals surface area contributed by atoms with Crippen LogP contribution in [0.3, 0.4) is 0 Å². The van der Waals surface area contributed by atoms with E-state index in [0.717, 1.165) is 80.0 Å². The molecule has 2 aliphatic heterocycles. The number of rotatable bonds is 4. The first kappa shape index (κ1) is 22.7. The molecule has 9 heteroatoms. The summed E-state index contributed by atoms with van der Waals surface area (Å²) in [6, 6.07) is 9.07. The van der Waals surface area contributed by atoms with Crippen LogP contribution in [0.15, 0.2) is 36.5 Å². The molecular weight excluding hydrogens is 453 g/mol. The van der Waals surface area contributed by atoms with Crippen LogP contribution < -0.4 is 20.4 Å². The van der Waals surface area contributed by atoms with Crippen LogP contribution in [0, 0.1) is 12.7 Å². The van der Waals surface area contributed by atoms with E-state index in [2.05, 4.69) is 26.6 Å². The van der Waals surface area contributed by atoms with E-state index in [4.69, 9.17) is 27.3 Å². The quantitative estimate of drug-likeness (QED) is 0.586. The normalized spacial score (nSPS) is 18.6. The van der Waals surface area contributed by atoms with Crippen LogP contribution in [0.5, 0.6) is 0 Å². The maximum Gasteiger partial charge on any atom is 0.228 e. The molecule has 0 saturated carbocycles. The van der Waals surface area contributed by atoms with Gasteiger partial charge >= 0.3 is 0 Å². The molecule has 5 rings (SSSR count). The fraction of sp³-hybridized carbons (Fsp3) is 0.400. The first-order valence-electron chi connectivity index (χ1n) is 11.7. The average Bonchev–Trinajstić information content (AvgIpc) is 3.26. The van der Waals surface area contributed by atoms with Gasteiger partial charge in [-0.05, 0) is 56.5 Å². The van der Waals surface area contributed by atoms with Gasteiger partial charge in [0.1, 0.15) is 17.5 Å². The van der Waals surface area contributed by atoms with Gasteiger partial charge in [-0.3, -0.25) is 0 Å². The summed E-state index contributed by atoms with van der Waals surface area (Å²) in [6.45, 7) is 8.45. The second-order valence-corrected chi connectivity index (χ2v) is 9.52. The number of benzene rings is 1. The highest BCUT2D eigenvalue weighted by Gasteiger charge is 2.26. The Kier molecular flexibility index (Phi) is 6.16. The molecule has 0 radical (unpaired) electrons. The predicted octanol–water partition coefficient (Wildman–Crippen LogP) is 4.54. The molecule has 2 saturated heterocycles. The molecule has 3 aromatic rings. The molecule has 1 unspecified atom stereocenters. The number of anilines is 4. The number of aromatic nitrogens is 3. The molecule has 2 aliphatic rings. The van der Waals surface area contributed by atoms with Gasteiger partial charge in [-0.15, -0.1) is 0 Å². The number of nitrogen functional groups attached to an aromatic ring is 1. The van der Waals surface area contributed by atoms with Crippen LogP contribution in [0.1, 0.15) is 25.3 Å². The number of piperazine rings is 1. The summed E-state index contributed by atoms with van der Waals surface area (Å²) < 4.78 is 13.8. The summed E-state index contributed by atoms with van der Waals surface area (Å²) in [7, 11) is 0. The fourth-order valence-corrected chi connectivity index (χ4v) is 4.99. The van der Waals surface area contributed by atoms with Crippen LogP contribution in [0.2, 0.25) is 5.02 Å². The summed E-state index contributed by atoms with van der Waals surface area (Å²) >= 11 is 6.08. The summed E-state index contributed by atoms with van der Waals surface area (Å²) in [4.78, 5) is 21.2. The standard InChI is InChI=1S/C25H29ClFN7/c1-16-12-19(28)15-29-24(16)33-10-8-32(9-11-33)23-14-22(18-5-6-21(27)20(26)13-18)30-25(31-23)34-7-3-4-17(34)2/h5-6,12-15,17H,3-4,7-11,28H2,1-2H3. The van der Waals surface area contributed by atoms with Crippen LogP contribution in [-0.2, 0) is 0 Å². The van der Waals surface area contributed by atoms with Gasteiger partial charge in [0.25, 0.3) is 0 Å². The van der Waals surface area contributed by atoms with Gasteiger partial charge in [0.15, 0.2) is 0 Å². The Hall–Kier alpha value is -3.13. The van der Waals surface area contributed by atoms with Crippen LogP contribution in [0.4, 0.5) is 27.7 Å². The third kappa shape index (κ3) is 4.46. The molecule has 1 aromatic carbocycles. The van der Waals surface area contributed by atoms with E-state index in [9.17, 15) is 4.39 Å². The van der Waals surface area contributed by atoms with E-state index >= 15 is 0 Å². The van der Waals surface area contributed by atoms with Crippen molar-refractivity contribution in [2.24, 2.45) is 0 Å². The summed E-state index contributed by atoms with van der Waals surface area (Å²) in [5, 5.41) is 0.0914. The van der Waals surface area contributed by atoms with Crippen LogP contribution >= 0.6 is 11.6 Å². The Morgan fingerprint density at radius 3 is 2.47 bits per heavy atom. The zero-order valence-electron chi connectivity index (χ0n) is 19.5. The Balaban J connectivity index is 1.44. The van der Waals surface area contributed by atoms with Crippen molar-refractivity contribution in [3.8, 4) is 11.3 Å². The minimum Gasteiger partial charge on any atom is -0.397 e. The van der Waals surface area contributed by atoms with E-state index < -0.39 is 5.82 Å². The Morgan fingerprint density at radius 2 is 1.79 bits per heavy atom. The van der Waals surface area contributed by atoms with Crippen molar-refractivity contribution >= 4 is 34.9 Å². The van der Waals surface area contributed by atoms with Gasteiger partial charge < -0.3 is 20.4 Å². The number of pyridine rings is 1. The van der Waals surface area contributed by atoms with E-state index in [1.165, 1.54) is 6.07 Å². The smallest absolute Gasteiger partial charge is 0.228 e. The van der Waals surface area contributed by atoms with Crippen molar-refractivity contribution in [3.05, 3.63) is 52.9 Å². The van der Waals surface area contributed by atoms with Crippen molar-refractivity contribution in [3.63, 3.8) is 0 Å². The second-order valence-electron chi connectivity index (χ2n) is 9.11. The highest BCUT2D eigenvalue weighted by molar-refractivity contribution is 6.31. The molecule has 0 spiro atoms. The lowest BCUT2D eigenvalue weighted by Crippen LogP contribution is -2.47. The van der Waals surface area contributed by atoms with Crippen molar-refractivity contribution in [1.29, 1.82) is 0 Å². The van der Waals surface area contributed by atoms with Gasteiger partial charge in [0.2, 0.25) is 5.95 Å². The summed E-state index contributed by atoms with van der Waals surface area (Å²) in [6.07, 6.45) is 3.96. The Morgan fingerprint density at radius 1 is 1.03 bits per heavy atom. The zero-order chi connectivity index (χ0) is 23.8. The zero-order valence-corrected chi connectivity index (χ0v) is 20.3. The molecule has 2 fully saturated rings. The fourth-order valence-electron chi connectivity index (χ4n) is 4.81. The molecule has 2 aromatic heterocycles. The van der Waals surface area contributed by atoms with E-state index in [1.807, 2.05) is 19.1 Å². The molecule has 34 heavy (non-hydrogen) atoms. The van der Waals surface area contributed by atoms with Gasteiger partial charge in [-0.25, -0.2) is 14.4 Å². The lowest BCUT2D eigenvalue weighted by Gasteiger charge is -2.37. The number of halogens is 2. The van der Waals surface area contributed by atoms with Crippen molar-refractivity contribution in [1.82, 2.24) is 15.0 Å². The molecule has 0 bridgehead atoms. The molecular formula is C25H29ClFN7. The topological polar surface area (TPSA) is 74.4 Å². The first-order chi connectivity index (χ1) is 16.4. The Bertz CT molecular complexity index is 1200. The number of hydrogen-bond acceptors (Lipinski definition) is 7. The van der Waals surface area contributed by atoms with Crippen molar-refractivity contribution < 1.29 is 4.39 Å². The molecule has 178 valence electrons. The number of nitrogens with two attached hydrogens (primary N) is 1. The predicted molar refractivity (Wildman–Crippen MR) is 136 cm³/mol. The Labute approximate surface area is 204 Å². The maximum atomic E-state index is 13.8. The minimum absolute atomic E-state index is 0.0914. The first-order valence-corrected chi connectivity index (χ1v) is 12.1. The van der Waals surface area contributed by atoms with Crippen molar-refractivity contribution in [2.45, 2.75) is 32.7 Å². The third-order valence-electron chi connectivity index (χ3n) is 6.70. The van der Waals surface area contributed by atoms with E-state index in [-0.39, 0.29) is 5.02 Å². The summed E-state index contributed by atoms with van der Waals surface area (Å²) in [5.74, 6) is 2.14. The highest BCUT2D eigenvalue weighted by atomic mass is 35.5. The average molecular weight is 482 g/mol. The molecule has 0 amide bonds. The van der Waals surface area contributed by atoms with Gasteiger partial charge in [0, 0.05) is 50.4 Å². The lowest BCUT2D eigenvalue weighted by molar-refractivity contribution is 0.628. The summed E-state index contributed by atoms with van der Waals surface area (Å²) in [5.41, 5.74) is 9.16. The van der Waals surface area contributed by atoms with Gasteiger partial charge in [0.05, 0.1) is 22.6 Å². The van der Waals surface area contributed by atoms with Gasteiger partial charge in [-0.2, -0.15) is 4.98 Å². The number of aryl methyl sites for hydroxylation is 1. The monoisotopic (exact) mass is 481 g/mol. The molecule has 0 aliphatic carbocycles. The number of hydrogen-bond donors (Lipinski definition) is 1. The SMILES string of the molecule is Cc1cc(N)cnc1N1CCN(c2cc(-c3ccc(F)c(Cl)c3)nc(N3CCCC3C)n2)CC1. The molecule has 2 N–H and O–H groups in total. The second kappa shape index (κ2) is 9.25. The minimum atomic E-state index is -0.434.